The second kappa shape index (κ2) is 7.97. The molecule has 2 aliphatic heterocycles. The Kier molecular flexibility index (Phi) is 5.39. The van der Waals surface area contributed by atoms with Crippen molar-refractivity contribution >= 4 is 11.8 Å². The molecule has 2 saturated heterocycles. The molecule has 0 saturated carbocycles. The molecule has 1 spiro atoms. The molecule has 152 valence electrons. The highest BCUT2D eigenvalue weighted by molar-refractivity contribution is 5.95. The summed E-state index contributed by atoms with van der Waals surface area (Å²) in [5, 5.41) is 0. The summed E-state index contributed by atoms with van der Waals surface area (Å²) in [5.74, 6) is 0.688. The Morgan fingerprint density at radius 3 is 2.62 bits per heavy atom. The number of hydrogen-bond acceptors (Lipinski definition) is 3. The highest BCUT2D eigenvalue weighted by atomic mass is 16.2. The van der Waals surface area contributed by atoms with Crippen molar-refractivity contribution in [2.75, 3.05) is 19.6 Å². The van der Waals surface area contributed by atoms with Gasteiger partial charge in [-0.1, -0.05) is 38.1 Å². The molecule has 5 heteroatoms. The molecule has 1 aromatic heterocycles. The number of carbonyl (C=O) groups excluding carboxylic acids is 2. The van der Waals surface area contributed by atoms with Gasteiger partial charge in [0.25, 0.3) is 5.91 Å². The maximum atomic E-state index is 13.4. The fourth-order valence-corrected chi connectivity index (χ4v) is 4.63. The second-order valence-electron chi connectivity index (χ2n) is 8.73. The van der Waals surface area contributed by atoms with Crippen LogP contribution in [0.5, 0.6) is 0 Å². The molecule has 2 aromatic rings. The van der Waals surface area contributed by atoms with Crippen molar-refractivity contribution in [3.63, 3.8) is 0 Å². The average molecular weight is 392 g/mol. The van der Waals surface area contributed by atoms with Crippen LogP contribution in [-0.2, 0) is 11.3 Å². The van der Waals surface area contributed by atoms with Crippen LogP contribution in [-0.4, -0.2) is 46.2 Å². The molecule has 1 atom stereocenters. The van der Waals surface area contributed by atoms with Gasteiger partial charge in [-0.15, -0.1) is 0 Å². The van der Waals surface area contributed by atoms with Crippen molar-refractivity contribution in [2.24, 2.45) is 5.41 Å². The van der Waals surface area contributed by atoms with Crippen LogP contribution in [0.4, 0.5) is 0 Å². The predicted molar refractivity (Wildman–Crippen MR) is 112 cm³/mol. The Hall–Kier alpha value is -2.69. The van der Waals surface area contributed by atoms with Gasteiger partial charge in [-0.25, -0.2) is 0 Å². The Balaban J connectivity index is 1.45. The lowest BCUT2D eigenvalue weighted by Crippen LogP contribution is -2.50. The smallest absolute Gasteiger partial charge is 0.255 e. The van der Waals surface area contributed by atoms with Gasteiger partial charge < -0.3 is 9.80 Å². The first kappa shape index (κ1) is 19.6. The highest BCUT2D eigenvalue weighted by Crippen LogP contribution is 2.41. The summed E-state index contributed by atoms with van der Waals surface area (Å²) >= 11 is 0. The van der Waals surface area contributed by atoms with Gasteiger partial charge in [0.15, 0.2) is 0 Å². The van der Waals surface area contributed by atoms with E-state index in [0.717, 1.165) is 25.8 Å². The van der Waals surface area contributed by atoms with Gasteiger partial charge in [0.05, 0.1) is 11.0 Å². The van der Waals surface area contributed by atoms with E-state index in [9.17, 15) is 9.59 Å². The fourth-order valence-electron chi connectivity index (χ4n) is 4.63. The number of benzene rings is 1. The molecular weight excluding hydrogens is 362 g/mol. The predicted octanol–water partition coefficient (Wildman–Crippen LogP) is 3.86. The number of hydrogen-bond donors (Lipinski definition) is 0. The Labute approximate surface area is 172 Å². The Morgan fingerprint density at radius 1 is 1.14 bits per heavy atom. The molecule has 2 amide bonds. The molecule has 1 aromatic carbocycles. The molecule has 0 N–H and O–H groups in total. The second-order valence-corrected chi connectivity index (χ2v) is 8.73. The summed E-state index contributed by atoms with van der Waals surface area (Å²) in [6, 6.07) is 12.2. The monoisotopic (exact) mass is 391 g/mol. The van der Waals surface area contributed by atoms with Gasteiger partial charge in [0.2, 0.25) is 5.91 Å². The molecule has 29 heavy (non-hydrogen) atoms. The molecule has 2 aliphatic rings. The topological polar surface area (TPSA) is 53.5 Å². The summed E-state index contributed by atoms with van der Waals surface area (Å²) in [5.41, 5.74) is 2.65. The molecule has 4 rings (SSSR count). The summed E-state index contributed by atoms with van der Waals surface area (Å²) in [6.45, 7) is 6.97. The summed E-state index contributed by atoms with van der Waals surface area (Å²) in [7, 11) is 0. The van der Waals surface area contributed by atoms with Crippen LogP contribution in [0.2, 0.25) is 0 Å². The molecule has 2 fully saturated rings. The Bertz CT molecular complexity index is 879. The van der Waals surface area contributed by atoms with Crippen LogP contribution in [0.1, 0.15) is 60.5 Å². The number of rotatable bonds is 4. The SMILES string of the molecule is CC(C)c1ccc(CN2CCCC3(CCN(C(=O)c4cccnc4)C3)C2=O)cc1. The number of piperidine rings is 1. The zero-order valence-corrected chi connectivity index (χ0v) is 17.3. The molecule has 1 unspecified atom stereocenters. The van der Waals surface area contributed by atoms with Gasteiger partial charge in [0.1, 0.15) is 0 Å². The largest absolute Gasteiger partial charge is 0.338 e. The van der Waals surface area contributed by atoms with Crippen molar-refractivity contribution in [1.82, 2.24) is 14.8 Å². The van der Waals surface area contributed by atoms with Crippen LogP contribution < -0.4 is 0 Å². The lowest BCUT2D eigenvalue weighted by Gasteiger charge is -2.39. The van der Waals surface area contributed by atoms with Crippen molar-refractivity contribution in [3.05, 3.63) is 65.5 Å². The fraction of sp³-hybridized carbons (Fsp3) is 0.458. The number of pyridine rings is 1. The summed E-state index contributed by atoms with van der Waals surface area (Å²) in [4.78, 5) is 34.1. The Morgan fingerprint density at radius 2 is 1.93 bits per heavy atom. The highest BCUT2D eigenvalue weighted by Gasteiger charge is 2.49. The molecular formula is C24H29N3O2. The summed E-state index contributed by atoms with van der Waals surface area (Å²) < 4.78 is 0. The van der Waals surface area contributed by atoms with E-state index in [2.05, 4.69) is 43.1 Å². The minimum Gasteiger partial charge on any atom is -0.338 e. The lowest BCUT2D eigenvalue weighted by atomic mass is 9.78. The van der Waals surface area contributed by atoms with Crippen LogP contribution in [0.3, 0.4) is 0 Å². The number of aromatic nitrogens is 1. The molecule has 0 aliphatic carbocycles. The molecule has 0 bridgehead atoms. The first-order valence-corrected chi connectivity index (χ1v) is 10.6. The van der Waals surface area contributed by atoms with E-state index in [1.165, 1.54) is 11.1 Å². The number of nitrogens with zero attached hydrogens (tertiary/aromatic N) is 3. The van der Waals surface area contributed by atoms with Gasteiger partial charge >= 0.3 is 0 Å². The van der Waals surface area contributed by atoms with Gasteiger partial charge in [-0.05, 0) is 48.4 Å². The molecule has 3 heterocycles. The third-order valence-electron chi connectivity index (χ3n) is 6.39. The first-order valence-electron chi connectivity index (χ1n) is 10.6. The third kappa shape index (κ3) is 3.91. The quantitative estimate of drug-likeness (QED) is 0.795. The summed E-state index contributed by atoms with van der Waals surface area (Å²) in [6.07, 6.45) is 5.87. The van der Waals surface area contributed by atoms with E-state index in [4.69, 9.17) is 0 Å². The van der Waals surface area contributed by atoms with E-state index >= 15 is 0 Å². The van der Waals surface area contributed by atoms with Gasteiger partial charge in [-0.3, -0.25) is 14.6 Å². The standard InChI is InChI=1S/C24H29N3O2/c1-18(2)20-8-6-19(7-9-20)16-26-13-4-10-24(23(26)29)11-14-27(17-24)22(28)21-5-3-12-25-15-21/h3,5-9,12,15,18H,4,10-11,13-14,16-17H2,1-2H3. The van der Waals surface area contributed by atoms with Crippen LogP contribution in [0, 0.1) is 5.41 Å². The maximum Gasteiger partial charge on any atom is 0.255 e. The van der Waals surface area contributed by atoms with Crippen molar-refractivity contribution in [2.45, 2.75) is 45.6 Å². The van der Waals surface area contributed by atoms with Crippen LogP contribution in [0.15, 0.2) is 48.8 Å². The van der Waals surface area contributed by atoms with E-state index in [1.54, 1.807) is 24.5 Å². The zero-order valence-electron chi connectivity index (χ0n) is 17.3. The first-order chi connectivity index (χ1) is 14.0. The number of carbonyl (C=O) groups is 2. The zero-order chi connectivity index (χ0) is 20.4. The van der Waals surface area contributed by atoms with Gasteiger partial charge in [-0.2, -0.15) is 0 Å². The van der Waals surface area contributed by atoms with Crippen LogP contribution >= 0.6 is 0 Å². The van der Waals surface area contributed by atoms with E-state index < -0.39 is 5.41 Å². The van der Waals surface area contributed by atoms with Crippen molar-refractivity contribution in [1.29, 1.82) is 0 Å². The van der Waals surface area contributed by atoms with Crippen LogP contribution in [0.25, 0.3) is 0 Å². The third-order valence-corrected chi connectivity index (χ3v) is 6.39. The average Bonchev–Trinajstić information content (AvgIpc) is 3.17. The molecule has 5 nitrogen and oxygen atoms in total. The van der Waals surface area contributed by atoms with Gasteiger partial charge in [0, 0.05) is 38.6 Å². The van der Waals surface area contributed by atoms with E-state index in [0.29, 0.717) is 31.1 Å². The number of likely N-dealkylation sites (tertiary alicyclic amines) is 2. The van der Waals surface area contributed by atoms with Crippen molar-refractivity contribution < 1.29 is 9.59 Å². The lowest BCUT2D eigenvalue weighted by molar-refractivity contribution is -0.146. The minimum atomic E-state index is -0.423. The molecule has 0 radical (unpaired) electrons. The maximum absolute atomic E-state index is 13.4. The van der Waals surface area contributed by atoms with E-state index in [-0.39, 0.29) is 11.8 Å². The minimum absolute atomic E-state index is 0.0239. The van der Waals surface area contributed by atoms with Crippen molar-refractivity contribution in [3.8, 4) is 0 Å². The normalized spacial score (nSPS) is 22.0. The van der Waals surface area contributed by atoms with E-state index in [1.807, 2.05) is 9.80 Å². The number of amides is 2.